The molecule has 2 aromatic heterocycles. The van der Waals surface area contributed by atoms with E-state index in [1.807, 2.05) is 6.92 Å². The number of aromatic nitrogens is 3. The van der Waals surface area contributed by atoms with Crippen LogP contribution in [0, 0.1) is 17.1 Å². The maximum absolute atomic E-state index is 13.9. The molecule has 8 heteroatoms. The molecule has 28 heavy (non-hydrogen) atoms. The second-order valence-electron chi connectivity index (χ2n) is 6.55. The van der Waals surface area contributed by atoms with Gasteiger partial charge in [0, 0.05) is 47.0 Å². The highest BCUT2D eigenvalue weighted by atomic mass is 32.2. The molecule has 0 spiro atoms. The molecule has 3 aromatic rings. The number of thioether (sulfide) groups is 1. The summed E-state index contributed by atoms with van der Waals surface area (Å²) in [7, 11) is 1.75. The Bertz CT molecular complexity index is 1100. The number of hydrogen-bond donors (Lipinski definition) is 1. The summed E-state index contributed by atoms with van der Waals surface area (Å²) >= 11 is 1.61. The lowest BCUT2D eigenvalue weighted by molar-refractivity contribution is 0.224. The first-order valence-electron chi connectivity index (χ1n) is 8.78. The quantitative estimate of drug-likeness (QED) is 0.622. The molecule has 0 fully saturated rings. The van der Waals surface area contributed by atoms with Crippen molar-refractivity contribution in [3.63, 3.8) is 0 Å². The molecule has 0 saturated heterocycles. The number of rotatable bonds is 0. The van der Waals surface area contributed by atoms with Gasteiger partial charge in [0.1, 0.15) is 23.7 Å². The molecule has 2 bridgehead atoms. The van der Waals surface area contributed by atoms with E-state index in [0.717, 1.165) is 33.0 Å². The zero-order valence-electron chi connectivity index (χ0n) is 15.4. The fourth-order valence-corrected chi connectivity index (χ4v) is 4.42. The van der Waals surface area contributed by atoms with Crippen molar-refractivity contribution in [1.29, 1.82) is 5.26 Å². The Hall–Kier alpha value is -3.05. The minimum atomic E-state index is -0.416. The zero-order valence-corrected chi connectivity index (χ0v) is 16.3. The molecule has 0 saturated carbocycles. The zero-order chi connectivity index (χ0) is 19.8. The Morgan fingerprint density at radius 2 is 2.21 bits per heavy atom. The highest BCUT2D eigenvalue weighted by Gasteiger charge is 2.22. The summed E-state index contributed by atoms with van der Waals surface area (Å²) in [5.41, 5.74) is 9.52. The van der Waals surface area contributed by atoms with Crippen molar-refractivity contribution in [1.82, 2.24) is 14.8 Å². The van der Waals surface area contributed by atoms with Crippen molar-refractivity contribution in [2.24, 2.45) is 7.05 Å². The van der Waals surface area contributed by atoms with Gasteiger partial charge in [-0.2, -0.15) is 10.4 Å². The fourth-order valence-electron chi connectivity index (χ4n) is 3.35. The van der Waals surface area contributed by atoms with Crippen LogP contribution in [-0.2, 0) is 13.5 Å². The summed E-state index contributed by atoms with van der Waals surface area (Å²) in [4.78, 5) is 5.19. The fraction of sp³-hybridized carbons (Fsp3) is 0.250. The molecular formula is C20H18FN5OS. The van der Waals surface area contributed by atoms with Crippen LogP contribution in [0.1, 0.15) is 30.0 Å². The average molecular weight is 395 g/mol. The largest absolute Gasteiger partial charge is 0.482 e. The molecule has 6 nitrogen and oxygen atoms in total. The van der Waals surface area contributed by atoms with Gasteiger partial charge in [-0.1, -0.05) is 0 Å². The second kappa shape index (κ2) is 7.17. The van der Waals surface area contributed by atoms with Crippen molar-refractivity contribution in [3.8, 4) is 22.9 Å². The van der Waals surface area contributed by atoms with E-state index in [0.29, 0.717) is 17.9 Å². The van der Waals surface area contributed by atoms with E-state index < -0.39 is 6.10 Å². The summed E-state index contributed by atoms with van der Waals surface area (Å²) < 4.78 is 21.5. The van der Waals surface area contributed by atoms with E-state index in [9.17, 15) is 9.65 Å². The number of nitriles is 1. The Balaban J connectivity index is 1.90. The minimum Gasteiger partial charge on any atom is -0.482 e. The lowest BCUT2D eigenvalue weighted by atomic mass is 10.0. The smallest absolute Gasteiger partial charge is 0.166 e. The van der Waals surface area contributed by atoms with Gasteiger partial charge in [-0.05, 0) is 31.2 Å². The predicted octanol–water partition coefficient (Wildman–Crippen LogP) is 3.86. The molecular weight excluding hydrogens is 377 g/mol. The number of hydrogen-bond acceptors (Lipinski definition) is 6. The van der Waals surface area contributed by atoms with E-state index in [1.54, 1.807) is 41.8 Å². The Morgan fingerprint density at radius 3 is 3.00 bits per heavy atom. The van der Waals surface area contributed by atoms with Gasteiger partial charge in [0.15, 0.2) is 11.6 Å². The molecule has 0 aliphatic carbocycles. The summed E-state index contributed by atoms with van der Waals surface area (Å²) in [6, 6.07) is 8.69. The number of nitrogens with two attached hydrogens (primary N) is 1. The Morgan fingerprint density at radius 1 is 1.39 bits per heavy atom. The van der Waals surface area contributed by atoms with E-state index in [1.165, 1.54) is 12.1 Å². The Labute approximate surface area is 166 Å². The van der Waals surface area contributed by atoms with Gasteiger partial charge in [0.05, 0.1) is 5.69 Å². The molecule has 4 rings (SSSR count). The van der Waals surface area contributed by atoms with Crippen molar-refractivity contribution in [3.05, 3.63) is 53.2 Å². The molecule has 1 atom stereocenters. The van der Waals surface area contributed by atoms with Gasteiger partial charge in [0.25, 0.3) is 0 Å². The van der Waals surface area contributed by atoms with Crippen LogP contribution in [0.2, 0.25) is 0 Å². The highest BCUT2D eigenvalue weighted by Crippen LogP contribution is 2.37. The lowest BCUT2D eigenvalue weighted by Crippen LogP contribution is -2.08. The molecule has 2 N–H and O–H groups in total. The van der Waals surface area contributed by atoms with Crippen LogP contribution in [0.5, 0.6) is 5.75 Å². The topological polar surface area (TPSA) is 89.8 Å². The molecule has 1 unspecified atom stereocenters. The van der Waals surface area contributed by atoms with Gasteiger partial charge >= 0.3 is 0 Å². The third-order valence-corrected chi connectivity index (χ3v) is 5.80. The van der Waals surface area contributed by atoms with Gasteiger partial charge < -0.3 is 10.5 Å². The van der Waals surface area contributed by atoms with Gasteiger partial charge in [0.2, 0.25) is 0 Å². The number of nitrogens with zero attached hydrogens (tertiary/aromatic N) is 4. The molecule has 3 heterocycles. The standard InChI is InChI=1S/C20H18FN5OS/c1-11-14-8-13(21)3-4-18(14)28-6-5-15-19(16(9-22)26(2)25-15)12-7-17(27-11)20(23)24-10-12/h3-4,7-8,10-11H,5-6H2,1-2H3,(H2,23,24). The van der Waals surface area contributed by atoms with E-state index in [2.05, 4.69) is 16.2 Å². The first-order valence-corrected chi connectivity index (χ1v) is 9.77. The third kappa shape index (κ3) is 3.18. The Kier molecular flexibility index (Phi) is 4.69. The summed E-state index contributed by atoms with van der Waals surface area (Å²) in [5.74, 6) is 1.05. The molecule has 0 radical (unpaired) electrons. The SMILES string of the molecule is CC1Oc2cc(cnc2N)-c2c(nn(C)c2C#N)CCSc2ccc(F)cc21. The normalized spacial score (nSPS) is 16.0. The number of anilines is 1. The molecule has 1 aliphatic rings. The van der Waals surface area contributed by atoms with Crippen molar-refractivity contribution in [2.45, 2.75) is 24.3 Å². The number of pyridine rings is 1. The van der Waals surface area contributed by atoms with E-state index in [-0.39, 0.29) is 11.6 Å². The first kappa shape index (κ1) is 18.3. The van der Waals surface area contributed by atoms with Crippen LogP contribution >= 0.6 is 11.8 Å². The van der Waals surface area contributed by atoms with Crippen LogP contribution < -0.4 is 10.5 Å². The molecule has 1 aromatic carbocycles. The van der Waals surface area contributed by atoms with Crippen LogP contribution in [0.25, 0.3) is 11.1 Å². The number of halogens is 1. The summed E-state index contributed by atoms with van der Waals surface area (Å²) in [6.45, 7) is 1.85. The first-order chi connectivity index (χ1) is 13.5. The number of benzene rings is 1. The number of fused-ring (bicyclic) bond motifs is 5. The van der Waals surface area contributed by atoms with Gasteiger partial charge in [-0.15, -0.1) is 11.8 Å². The maximum atomic E-state index is 13.9. The summed E-state index contributed by atoms with van der Waals surface area (Å²) in [6.07, 6.45) is 1.86. The number of nitrogen functional groups attached to an aromatic ring is 1. The molecule has 1 aliphatic heterocycles. The molecule has 142 valence electrons. The number of ether oxygens (including phenoxy) is 1. The van der Waals surface area contributed by atoms with Crippen LogP contribution in [0.4, 0.5) is 10.2 Å². The van der Waals surface area contributed by atoms with Crippen molar-refractivity contribution in [2.75, 3.05) is 11.5 Å². The number of aryl methyl sites for hydroxylation is 2. The van der Waals surface area contributed by atoms with Crippen molar-refractivity contribution < 1.29 is 9.13 Å². The second-order valence-corrected chi connectivity index (χ2v) is 7.69. The summed E-state index contributed by atoms with van der Waals surface area (Å²) in [5, 5.41) is 14.1. The average Bonchev–Trinajstić information content (AvgIpc) is 2.99. The van der Waals surface area contributed by atoms with Crippen molar-refractivity contribution >= 4 is 17.6 Å². The van der Waals surface area contributed by atoms with Gasteiger partial charge in [-0.25, -0.2) is 9.37 Å². The molecule has 0 amide bonds. The van der Waals surface area contributed by atoms with E-state index in [4.69, 9.17) is 10.5 Å². The highest BCUT2D eigenvalue weighted by molar-refractivity contribution is 7.99. The van der Waals surface area contributed by atoms with Gasteiger partial charge in [-0.3, -0.25) is 4.68 Å². The van der Waals surface area contributed by atoms with Crippen LogP contribution in [0.3, 0.4) is 0 Å². The van der Waals surface area contributed by atoms with Crippen LogP contribution in [0.15, 0.2) is 35.4 Å². The monoisotopic (exact) mass is 395 g/mol. The predicted molar refractivity (Wildman–Crippen MR) is 105 cm³/mol. The van der Waals surface area contributed by atoms with Crippen LogP contribution in [-0.4, -0.2) is 20.5 Å². The van der Waals surface area contributed by atoms with E-state index >= 15 is 0 Å². The third-order valence-electron chi connectivity index (χ3n) is 4.71. The maximum Gasteiger partial charge on any atom is 0.166 e. The minimum absolute atomic E-state index is 0.238. The lowest BCUT2D eigenvalue weighted by Gasteiger charge is -2.20.